The minimum atomic E-state index is -0.286. The highest BCUT2D eigenvalue weighted by atomic mass is 16.3. The number of amides is 1. The van der Waals surface area contributed by atoms with Crippen molar-refractivity contribution >= 4 is 11.7 Å². The third kappa shape index (κ3) is 3.05. The summed E-state index contributed by atoms with van der Waals surface area (Å²) in [5.74, 6) is 1.32. The standard InChI is InChI=1S/C14H19N3O2/c1-5-9-6-7-10(19-9)13(18)15-12-8-11(16-17-12)14(2,3)4/h6-8H,5H2,1-4H3,(H2,15,16,17,18). The molecule has 0 fully saturated rings. The Morgan fingerprint density at radius 1 is 1.42 bits per heavy atom. The number of aromatic amines is 1. The van der Waals surface area contributed by atoms with Crippen molar-refractivity contribution in [3.63, 3.8) is 0 Å². The second-order valence-corrected chi connectivity index (χ2v) is 5.49. The Balaban J connectivity index is 2.09. The topological polar surface area (TPSA) is 70.9 Å². The van der Waals surface area contributed by atoms with Crippen LogP contribution in [0.25, 0.3) is 0 Å². The molecule has 0 saturated heterocycles. The summed E-state index contributed by atoms with van der Waals surface area (Å²) in [6.07, 6.45) is 0.768. The van der Waals surface area contributed by atoms with Crippen LogP contribution in [-0.4, -0.2) is 16.1 Å². The molecule has 0 radical (unpaired) electrons. The third-order valence-electron chi connectivity index (χ3n) is 2.86. The molecule has 5 nitrogen and oxygen atoms in total. The smallest absolute Gasteiger partial charge is 0.292 e. The second kappa shape index (κ2) is 4.91. The van der Waals surface area contributed by atoms with E-state index in [9.17, 15) is 4.79 Å². The van der Waals surface area contributed by atoms with Crippen LogP contribution in [0.1, 0.15) is 49.7 Å². The van der Waals surface area contributed by atoms with Gasteiger partial charge in [0, 0.05) is 23.6 Å². The van der Waals surface area contributed by atoms with Gasteiger partial charge >= 0.3 is 0 Å². The summed E-state index contributed by atoms with van der Waals surface area (Å²) in [4.78, 5) is 11.9. The van der Waals surface area contributed by atoms with E-state index in [-0.39, 0.29) is 11.3 Å². The molecule has 0 saturated carbocycles. The van der Waals surface area contributed by atoms with Crippen molar-refractivity contribution in [3.8, 4) is 0 Å². The highest BCUT2D eigenvalue weighted by Gasteiger charge is 2.18. The fourth-order valence-electron chi connectivity index (χ4n) is 1.64. The number of carbonyl (C=O) groups is 1. The number of carbonyl (C=O) groups excluding carboxylic acids is 1. The maximum Gasteiger partial charge on any atom is 0.292 e. The van der Waals surface area contributed by atoms with Gasteiger partial charge in [-0.1, -0.05) is 27.7 Å². The molecule has 2 aromatic heterocycles. The molecule has 2 N–H and O–H groups in total. The van der Waals surface area contributed by atoms with E-state index in [1.807, 2.05) is 13.0 Å². The van der Waals surface area contributed by atoms with E-state index in [0.29, 0.717) is 11.6 Å². The van der Waals surface area contributed by atoms with Gasteiger partial charge in [0.2, 0.25) is 0 Å². The largest absolute Gasteiger partial charge is 0.456 e. The Morgan fingerprint density at radius 3 is 2.68 bits per heavy atom. The average molecular weight is 261 g/mol. The zero-order valence-electron chi connectivity index (χ0n) is 11.7. The average Bonchev–Trinajstić information content (AvgIpc) is 2.95. The number of aromatic nitrogens is 2. The lowest BCUT2D eigenvalue weighted by Crippen LogP contribution is -2.12. The minimum absolute atomic E-state index is 0.0317. The van der Waals surface area contributed by atoms with Crippen LogP contribution in [0.3, 0.4) is 0 Å². The van der Waals surface area contributed by atoms with Crippen LogP contribution < -0.4 is 5.32 Å². The van der Waals surface area contributed by atoms with E-state index in [2.05, 4.69) is 36.3 Å². The van der Waals surface area contributed by atoms with Crippen molar-refractivity contribution in [2.24, 2.45) is 0 Å². The van der Waals surface area contributed by atoms with Gasteiger partial charge in [-0.2, -0.15) is 5.10 Å². The number of furan rings is 1. The molecule has 0 aromatic carbocycles. The van der Waals surface area contributed by atoms with Gasteiger partial charge in [0.05, 0.1) is 0 Å². The number of rotatable bonds is 3. The van der Waals surface area contributed by atoms with Gasteiger partial charge in [-0.15, -0.1) is 0 Å². The van der Waals surface area contributed by atoms with Gasteiger partial charge in [0.15, 0.2) is 11.6 Å². The summed E-state index contributed by atoms with van der Waals surface area (Å²) >= 11 is 0. The summed E-state index contributed by atoms with van der Waals surface area (Å²) in [5, 5.41) is 9.71. The van der Waals surface area contributed by atoms with E-state index in [1.165, 1.54) is 0 Å². The van der Waals surface area contributed by atoms with E-state index < -0.39 is 0 Å². The Kier molecular flexibility index (Phi) is 3.46. The third-order valence-corrected chi connectivity index (χ3v) is 2.86. The fourth-order valence-corrected chi connectivity index (χ4v) is 1.64. The van der Waals surface area contributed by atoms with Gasteiger partial charge in [-0.3, -0.25) is 9.89 Å². The molecule has 0 aliphatic carbocycles. The van der Waals surface area contributed by atoms with Crippen molar-refractivity contribution in [3.05, 3.63) is 35.4 Å². The van der Waals surface area contributed by atoms with Crippen LogP contribution in [0.4, 0.5) is 5.82 Å². The molecule has 0 aliphatic rings. The molecule has 1 amide bonds. The molecule has 0 atom stereocenters. The Morgan fingerprint density at radius 2 is 2.16 bits per heavy atom. The number of nitrogens with zero attached hydrogens (tertiary/aromatic N) is 1. The van der Waals surface area contributed by atoms with Crippen LogP contribution in [0, 0.1) is 0 Å². The normalized spacial score (nSPS) is 11.6. The monoisotopic (exact) mass is 261 g/mol. The molecule has 2 rings (SSSR count). The highest BCUT2D eigenvalue weighted by molar-refractivity contribution is 6.01. The number of H-pyrrole nitrogens is 1. The minimum Gasteiger partial charge on any atom is -0.456 e. The summed E-state index contributed by atoms with van der Waals surface area (Å²) in [6.45, 7) is 8.20. The van der Waals surface area contributed by atoms with Crippen LogP contribution in [0.5, 0.6) is 0 Å². The van der Waals surface area contributed by atoms with Gasteiger partial charge in [0.25, 0.3) is 5.91 Å². The van der Waals surface area contributed by atoms with Crippen LogP contribution >= 0.6 is 0 Å². The van der Waals surface area contributed by atoms with Crippen molar-refractivity contribution in [2.75, 3.05) is 5.32 Å². The van der Waals surface area contributed by atoms with Crippen LogP contribution in [0.15, 0.2) is 22.6 Å². The van der Waals surface area contributed by atoms with Crippen molar-refractivity contribution in [1.82, 2.24) is 10.2 Å². The fraction of sp³-hybridized carbons (Fsp3) is 0.429. The van der Waals surface area contributed by atoms with Gasteiger partial charge < -0.3 is 9.73 Å². The molecule has 102 valence electrons. The first-order chi connectivity index (χ1) is 8.90. The molecule has 2 heterocycles. The van der Waals surface area contributed by atoms with Gasteiger partial charge in [0.1, 0.15) is 5.76 Å². The maximum absolute atomic E-state index is 11.9. The lowest BCUT2D eigenvalue weighted by atomic mass is 9.92. The zero-order chi connectivity index (χ0) is 14.0. The first-order valence-corrected chi connectivity index (χ1v) is 6.36. The quantitative estimate of drug-likeness (QED) is 0.891. The van der Waals surface area contributed by atoms with Crippen molar-refractivity contribution in [2.45, 2.75) is 39.5 Å². The first kappa shape index (κ1) is 13.4. The number of anilines is 1. The highest BCUT2D eigenvalue weighted by Crippen LogP contribution is 2.22. The molecule has 0 aliphatic heterocycles. The SMILES string of the molecule is CCc1ccc(C(=O)Nc2cc(C(C)(C)C)[nH]n2)o1. The Hall–Kier alpha value is -2.04. The van der Waals surface area contributed by atoms with E-state index in [1.54, 1.807) is 12.1 Å². The molecular weight excluding hydrogens is 242 g/mol. The predicted molar refractivity (Wildman–Crippen MR) is 73.3 cm³/mol. The summed E-state index contributed by atoms with van der Waals surface area (Å²) in [6, 6.07) is 5.31. The first-order valence-electron chi connectivity index (χ1n) is 6.36. The number of hydrogen-bond acceptors (Lipinski definition) is 3. The summed E-state index contributed by atoms with van der Waals surface area (Å²) in [5.41, 5.74) is 0.937. The number of nitrogens with one attached hydrogen (secondary N) is 2. The summed E-state index contributed by atoms with van der Waals surface area (Å²) < 4.78 is 5.39. The molecule has 0 bridgehead atoms. The number of aryl methyl sites for hydroxylation is 1. The molecule has 19 heavy (non-hydrogen) atoms. The molecule has 2 aromatic rings. The van der Waals surface area contributed by atoms with Crippen LogP contribution in [-0.2, 0) is 11.8 Å². The van der Waals surface area contributed by atoms with Crippen LogP contribution in [0.2, 0.25) is 0 Å². The zero-order valence-corrected chi connectivity index (χ0v) is 11.7. The lowest BCUT2D eigenvalue weighted by molar-refractivity contribution is 0.0994. The van der Waals surface area contributed by atoms with E-state index in [0.717, 1.165) is 17.9 Å². The molecule has 0 unspecified atom stereocenters. The lowest BCUT2D eigenvalue weighted by Gasteiger charge is -2.14. The number of hydrogen-bond donors (Lipinski definition) is 2. The van der Waals surface area contributed by atoms with E-state index in [4.69, 9.17) is 4.42 Å². The molecular formula is C14H19N3O2. The maximum atomic E-state index is 11.9. The van der Waals surface area contributed by atoms with Crippen molar-refractivity contribution in [1.29, 1.82) is 0 Å². The van der Waals surface area contributed by atoms with Crippen molar-refractivity contribution < 1.29 is 9.21 Å². The molecule has 0 spiro atoms. The predicted octanol–water partition coefficient (Wildman–Crippen LogP) is 3.11. The Labute approximate surface area is 112 Å². The Bertz CT molecular complexity index is 576. The molecule has 5 heteroatoms. The second-order valence-electron chi connectivity index (χ2n) is 5.49. The van der Waals surface area contributed by atoms with Gasteiger partial charge in [-0.25, -0.2) is 0 Å². The summed E-state index contributed by atoms with van der Waals surface area (Å²) in [7, 11) is 0. The van der Waals surface area contributed by atoms with E-state index >= 15 is 0 Å². The van der Waals surface area contributed by atoms with Gasteiger partial charge in [-0.05, 0) is 12.1 Å².